The summed E-state index contributed by atoms with van der Waals surface area (Å²) in [5.74, 6) is -0.292. The van der Waals surface area contributed by atoms with Crippen LogP contribution in [-0.2, 0) is 16.8 Å². The van der Waals surface area contributed by atoms with Gasteiger partial charge >= 0.3 is 0 Å². The van der Waals surface area contributed by atoms with Gasteiger partial charge in [0.1, 0.15) is 6.04 Å². The number of benzene rings is 2. The monoisotopic (exact) mass is 439 g/mol. The Morgan fingerprint density at radius 3 is 2.14 bits per heavy atom. The van der Waals surface area contributed by atoms with E-state index in [0.717, 1.165) is 32.5 Å². The Hall–Kier alpha value is -1.63. The van der Waals surface area contributed by atoms with Crippen molar-refractivity contribution in [3.63, 3.8) is 0 Å². The van der Waals surface area contributed by atoms with Crippen LogP contribution in [0.15, 0.2) is 60.7 Å². The normalized spacial score (nSPS) is 16.8. The molecule has 1 atom stereocenters. The molecule has 1 fully saturated rings. The summed E-state index contributed by atoms with van der Waals surface area (Å²) in [6.45, 7) is 3.11. The first kappa shape index (κ1) is 25.4. The maximum atomic E-state index is 12.1. The molecule has 4 N–H and O–H groups in total. The van der Waals surface area contributed by atoms with Gasteiger partial charge in [-0.25, -0.2) is 0 Å². The lowest BCUT2D eigenvalue weighted by Gasteiger charge is -2.42. The molecule has 7 heteroatoms. The zero-order chi connectivity index (χ0) is 19.1. The first-order valence-corrected chi connectivity index (χ1v) is 9.59. The van der Waals surface area contributed by atoms with Crippen LogP contribution in [0.2, 0.25) is 0 Å². The number of hydrogen-bond donors (Lipinski definition) is 3. The average Bonchev–Trinajstić information content (AvgIpc) is 2.74. The Balaban J connectivity index is 0.00000210. The summed E-state index contributed by atoms with van der Waals surface area (Å²) >= 11 is 0. The van der Waals surface area contributed by atoms with Gasteiger partial charge in [0, 0.05) is 18.5 Å². The average molecular weight is 440 g/mol. The topological polar surface area (TPSA) is 78.6 Å². The smallest absolute Gasteiger partial charge is 0.239 e. The van der Waals surface area contributed by atoms with Gasteiger partial charge in [0.05, 0.1) is 6.61 Å². The second kappa shape index (κ2) is 12.2. The molecule has 1 saturated heterocycles. The van der Waals surface area contributed by atoms with Crippen molar-refractivity contribution in [1.29, 1.82) is 0 Å². The van der Waals surface area contributed by atoms with Gasteiger partial charge in [0.25, 0.3) is 0 Å². The summed E-state index contributed by atoms with van der Waals surface area (Å²) in [6.07, 6.45) is 1.94. The van der Waals surface area contributed by atoms with Crippen molar-refractivity contribution in [3.05, 3.63) is 71.8 Å². The van der Waals surface area contributed by atoms with Crippen molar-refractivity contribution >= 4 is 30.7 Å². The van der Waals surface area contributed by atoms with Crippen LogP contribution >= 0.6 is 24.8 Å². The lowest BCUT2D eigenvalue weighted by atomic mass is 9.72. The number of halogens is 2. The molecule has 1 heterocycles. The van der Waals surface area contributed by atoms with Crippen molar-refractivity contribution < 1.29 is 9.90 Å². The molecule has 0 radical (unpaired) electrons. The number of amides is 1. The molecule has 160 valence electrons. The largest absolute Gasteiger partial charge is 0.394 e. The van der Waals surface area contributed by atoms with Crippen LogP contribution in [0.1, 0.15) is 24.0 Å². The third-order valence-electron chi connectivity index (χ3n) is 5.58. The highest BCUT2D eigenvalue weighted by Gasteiger charge is 2.36. The van der Waals surface area contributed by atoms with Crippen LogP contribution in [0.25, 0.3) is 0 Å². The standard InChI is InChI=1S/C22H29N3O2.2ClH/c23-20(16-26)21(27)24-17-22(19-9-5-2-6-10-19)11-13-25(14-12-22)15-18-7-3-1-4-8-18;;/h1-10,20,26H,11-17,23H2,(H,24,27);2*1H/t20-;;/m0../s1. The molecule has 1 amide bonds. The van der Waals surface area contributed by atoms with Gasteiger partial charge in [0.2, 0.25) is 5.91 Å². The fourth-order valence-electron chi connectivity index (χ4n) is 3.81. The summed E-state index contributed by atoms with van der Waals surface area (Å²) in [4.78, 5) is 14.6. The molecule has 0 aromatic heterocycles. The Bertz CT molecular complexity index is 723. The predicted octanol–water partition coefficient (Wildman–Crippen LogP) is 2.50. The number of piperidine rings is 1. The molecule has 1 aliphatic rings. The van der Waals surface area contributed by atoms with E-state index in [1.54, 1.807) is 0 Å². The lowest BCUT2D eigenvalue weighted by molar-refractivity contribution is -0.123. The first-order valence-electron chi connectivity index (χ1n) is 9.59. The summed E-state index contributed by atoms with van der Waals surface area (Å²) in [7, 11) is 0. The van der Waals surface area contributed by atoms with Gasteiger partial charge in [0.15, 0.2) is 0 Å². The van der Waals surface area contributed by atoms with Crippen molar-refractivity contribution in [2.45, 2.75) is 30.8 Å². The number of aliphatic hydroxyl groups is 1. The molecule has 5 nitrogen and oxygen atoms in total. The van der Waals surface area contributed by atoms with Crippen molar-refractivity contribution in [2.24, 2.45) is 5.73 Å². The number of nitrogens with one attached hydrogen (secondary N) is 1. The molecule has 0 aliphatic carbocycles. The Morgan fingerprint density at radius 1 is 1.03 bits per heavy atom. The summed E-state index contributed by atoms with van der Waals surface area (Å²) in [5.41, 5.74) is 8.13. The molecule has 0 spiro atoms. The van der Waals surface area contributed by atoms with Gasteiger partial charge in [-0.1, -0.05) is 60.7 Å². The van der Waals surface area contributed by atoms with Crippen LogP contribution in [0.4, 0.5) is 0 Å². The molecule has 2 aromatic carbocycles. The van der Waals surface area contributed by atoms with Crippen LogP contribution in [-0.4, -0.2) is 48.2 Å². The molecular weight excluding hydrogens is 409 g/mol. The maximum absolute atomic E-state index is 12.1. The second-order valence-electron chi connectivity index (χ2n) is 7.41. The van der Waals surface area contributed by atoms with E-state index in [9.17, 15) is 4.79 Å². The highest BCUT2D eigenvalue weighted by molar-refractivity contribution is 5.85. The summed E-state index contributed by atoms with van der Waals surface area (Å²) in [5, 5.41) is 12.1. The zero-order valence-corrected chi connectivity index (χ0v) is 18.1. The van der Waals surface area contributed by atoms with Gasteiger partial charge < -0.3 is 16.2 Å². The minimum atomic E-state index is -0.865. The molecule has 2 aromatic rings. The van der Waals surface area contributed by atoms with Crippen LogP contribution in [0.5, 0.6) is 0 Å². The van der Waals surface area contributed by atoms with E-state index in [0.29, 0.717) is 6.54 Å². The van der Waals surface area contributed by atoms with E-state index in [2.05, 4.69) is 58.7 Å². The van der Waals surface area contributed by atoms with E-state index in [1.807, 2.05) is 12.1 Å². The fourth-order valence-corrected chi connectivity index (χ4v) is 3.81. The van der Waals surface area contributed by atoms with Gasteiger partial charge in [-0.2, -0.15) is 0 Å². The maximum Gasteiger partial charge on any atom is 0.239 e. The van der Waals surface area contributed by atoms with Gasteiger partial charge in [-0.3, -0.25) is 9.69 Å². The van der Waals surface area contributed by atoms with Gasteiger partial charge in [-0.15, -0.1) is 24.8 Å². The lowest BCUT2D eigenvalue weighted by Crippen LogP contribution is -2.52. The van der Waals surface area contributed by atoms with Crippen molar-refractivity contribution in [1.82, 2.24) is 10.2 Å². The zero-order valence-electron chi connectivity index (χ0n) is 16.5. The minimum Gasteiger partial charge on any atom is -0.394 e. The summed E-state index contributed by atoms with van der Waals surface area (Å²) in [6, 6.07) is 20.1. The molecule has 0 unspecified atom stereocenters. The van der Waals surface area contributed by atoms with E-state index in [1.165, 1.54) is 11.1 Å². The molecule has 1 aliphatic heterocycles. The summed E-state index contributed by atoms with van der Waals surface area (Å²) < 4.78 is 0. The Kier molecular flexibility index (Phi) is 10.6. The quantitative estimate of drug-likeness (QED) is 0.618. The Labute approximate surface area is 185 Å². The van der Waals surface area contributed by atoms with Crippen molar-refractivity contribution in [2.75, 3.05) is 26.2 Å². The number of rotatable bonds is 7. The van der Waals surface area contributed by atoms with Crippen LogP contribution in [0, 0.1) is 0 Å². The molecular formula is C22H31Cl2N3O2. The van der Waals surface area contributed by atoms with E-state index in [-0.39, 0.29) is 42.7 Å². The SMILES string of the molecule is Cl.Cl.N[C@@H](CO)C(=O)NCC1(c2ccccc2)CCN(Cc2ccccc2)CC1. The number of likely N-dealkylation sites (tertiary alicyclic amines) is 1. The highest BCUT2D eigenvalue weighted by atomic mass is 35.5. The van der Waals surface area contributed by atoms with Gasteiger partial charge in [-0.05, 0) is 37.1 Å². The number of carbonyl (C=O) groups excluding carboxylic acids is 1. The van der Waals surface area contributed by atoms with Crippen LogP contribution < -0.4 is 11.1 Å². The first-order chi connectivity index (χ1) is 13.1. The third kappa shape index (κ3) is 6.69. The highest BCUT2D eigenvalue weighted by Crippen LogP contribution is 2.35. The second-order valence-corrected chi connectivity index (χ2v) is 7.41. The minimum absolute atomic E-state index is 0. The number of aliphatic hydroxyl groups excluding tert-OH is 1. The number of hydrogen-bond acceptors (Lipinski definition) is 4. The molecule has 29 heavy (non-hydrogen) atoms. The molecule has 0 bridgehead atoms. The number of nitrogens with zero attached hydrogens (tertiary/aromatic N) is 1. The predicted molar refractivity (Wildman–Crippen MR) is 122 cm³/mol. The van der Waals surface area contributed by atoms with E-state index >= 15 is 0 Å². The Morgan fingerprint density at radius 2 is 1.59 bits per heavy atom. The van der Waals surface area contributed by atoms with E-state index < -0.39 is 6.04 Å². The third-order valence-corrected chi connectivity index (χ3v) is 5.58. The number of nitrogens with two attached hydrogens (primary N) is 1. The fraction of sp³-hybridized carbons (Fsp3) is 0.409. The number of carbonyl (C=O) groups is 1. The van der Waals surface area contributed by atoms with Crippen LogP contribution in [0.3, 0.4) is 0 Å². The molecule has 0 saturated carbocycles. The molecule has 3 rings (SSSR count). The van der Waals surface area contributed by atoms with E-state index in [4.69, 9.17) is 10.8 Å². The van der Waals surface area contributed by atoms with Crippen molar-refractivity contribution in [3.8, 4) is 0 Å².